The van der Waals surface area contributed by atoms with Crippen LogP contribution in [0, 0.1) is 3.57 Å². The van der Waals surface area contributed by atoms with Crippen LogP contribution < -0.4 is 5.32 Å². The average molecular weight is 398 g/mol. The van der Waals surface area contributed by atoms with Gasteiger partial charge in [-0.2, -0.15) is 0 Å². The zero-order valence-electron chi connectivity index (χ0n) is 8.34. The van der Waals surface area contributed by atoms with Crippen LogP contribution in [-0.4, -0.2) is 5.91 Å². The van der Waals surface area contributed by atoms with E-state index in [0.29, 0.717) is 14.2 Å². The summed E-state index contributed by atoms with van der Waals surface area (Å²) in [6, 6.07) is 9.09. The van der Waals surface area contributed by atoms with E-state index in [1.54, 1.807) is 6.07 Å². The maximum absolute atomic E-state index is 11.9. The van der Waals surface area contributed by atoms with Crippen LogP contribution in [0.2, 0.25) is 8.67 Å². The van der Waals surface area contributed by atoms with Gasteiger partial charge in [-0.15, -0.1) is 11.3 Å². The minimum atomic E-state index is -0.250. The van der Waals surface area contributed by atoms with Crippen molar-refractivity contribution in [1.82, 2.24) is 0 Å². The summed E-state index contributed by atoms with van der Waals surface area (Å²) < 4.78 is 1.95. The normalized spacial score (nSPS) is 10.3. The summed E-state index contributed by atoms with van der Waals surface area (Å²) in [4.78, 5) is 11.9. The van der Waals surface area contributed by atoms with Crippen molar-refractivity contribution < 1.29 is 4.79 Å². The number of rotatable bonds is 2. The van der Waals surface area contributed by atoms with Gasteiger partial charge in [0.05, 0.1) is 9.90 Å². The van der Waals surface area contributed by atoms with Crippen molar-refractivity contribution in [1.29, 1.82) is 0 Å². The molecular formula is C11H6Cl2INOS. The molecule has 2 aromatic rings. The monoisotopic (exact) mass is 397 g/mol. The highest BCUT2D eigenvalue weighted by Crippen LogP contribution is 2.31. The summed E-state index contributed by atoms with van der Waals surface area (Å²) in [6.45, 7) is 0. The van der Waals surface area contributed by atoms with E-state index < -0.39 is 0 Å². The van der Waals surface area contributed by atoms with E-state index in [1.165, 1.54) is 11.3 Å². The molecule has 17 heavy (non-hydrogen) atoms. The second-order valence-electron chi connectivity index (χ2n) is 3.20. The summed E-state index contributed by atoms with van der Waals surface area (Å²) in [5.41, 5.74) is 1.14. The molecule has 2 nitrogen and oxygen atoms in total. The molecule has 0 saturated carbocycles. The van der Waals surface area contributed by atoms with E-state index in [9.17, 15) is 4.79 Å². The Labute approximate surface area is 126 Å². The fraction of sp³-hybridized carbons (Fsp3) is 0. The first-order chi connectivity index (χ1) is 8.06. The Balaban J connectivity index is 2.20. The minimum absolute atomic E-state index is 0.250. The summed E-state index contributed by atoms with van der Waals surface area (Å²) in [7, 11) is 0. The molecule has 0 atom stereocenters. The maximum Gasteiger partial charge on any atom is 0.258 e. The Kier molecular flexibility index (Phi) is 4.30. The Morgan fingerprint density at radius 3 is 2.65 bits per heavy atom. The van der Waals surface area contributed by atoms with E-state index in [2.05, 4.69) is 27.9 Å². The molecule has 1 N–H and O–H groups in total. The quantitative estimate of drug-likeness (QED) is 0.716. The van der Waals surface area contributed by atoms with Gasteiger partial charge < -0.3 is 5.32 Å². The molecule has 1 amide bonds. The fourth-order valence-electron chi connectivity index (χ4n) is 1.26. The van der Waals surface area contributed by atoms with Crippen molar-refractivity contribution in [2.75, 3.05) is 5.32 Å². The van der Waals surface area contributed by atoms with Gasteiger partial charge in [-0.05, 0) is 46.9 Å². The molecule has 1 aromatic carbocycles. The van der Waals surface area contributed by atoms with Gasteiger partial charge in [-0.1, -0.05) is 29.3 Å². The highest BCUT2D eigenvalue weighted by molar-refractivity contribution is 14.1. The van der Waals surface area contributed by atoms with Crippen molar-refractivity contribution in [3.8, 4) is 0 Å². The third kappa shape index (κ3) is 3.34. The van der Waals surface area contributed by atoms with Crippen molar-refractivity contribution in [2.45, 2.75) is 0 Å². The van der Waals surface area contributed by atoms with Gasteiger partial charge >= 0.3 is 0 Å². The van der Waals surface area contributed by atoms with Crippen molar-refractivity contribution in [2.24, 2.45) is 0 Å². The number of halogens is 3. The number of carbonyl (C=O) groups is 1. The molecule has 0 fully saturated rings. The molecule has 0 saturated heterocycles. The van der Waals surface area contributed by atoms with Gasteiger partial charge in [0.25, 0.3) is 5.91 Å². The molecule has 0 aliphatic rings. The summed E-state index contributed by atoms with van der Waals surface area (Å²) in [5.74, 6) is -0.250. The molecule has 1 aromatic heterocycles. The zero-order valence-corrected chi connectivity index (χ0v) is 12.8. The third-order valence-electron chi connectivity index (χ3n) is 1.98. The molecule has 0 bridgehead atoms. The number of hydrogen-bond donors (Lipinski definition) is 1. The summed E-state index contributed by atoms with van der Waals surface area (Å²) >= 11 is 15.1. The van der Waals surface area contributed by atoms with Crippen LogP contribution in [0.5, 0.6) is 0 Å². The smallest absolute Gasteiger partial charge is 0.258 e. The first-order valence-electron chi connectivity index (χ1n) is 4.58. The summed E-state index contributed by atoms with van der Waals surface area (Å²) in [6.07, 6.45) is 0. The van der Waals surface area contributed by atoms with Crippen molar-refractivity contribution in [3.63, 3.8) is 0 Å². The molecule has 0 unspecified atom stereocenters. The van der Waals surface area contributed by atoms with E-state index in [1.807, 2.05) is 24.3 Å². The van der Waals surface area contributed by atoms with E-state index in [4.69, 9.17) is 23.2 Å². The predicted molar refractivity (Wildman–Crippen MR) is 81.5 cm³/mol. The van der Waals surface area contributed by atoms with Crippen LogP contribution >= 0.6 is 57.1 Å². The number of benzene rings is 1. The number of amides is 1. The van der Waals surface area contributed by atoms with Gasteiger partial charge in [-0.3, -0.25) is 4.79 Å². The number of hydrogen-bond acceptors (Lipinski definition) is 2. The highest BCUT2D eigenvalue weighted by atomic mass is 127. The lowest BCUT2D eigenvalue weighted by Crippen LogP contribution is -2.11. The van der Waals surface area contributed by atoms with Gasteiger partial charge in [0.1, 0.15) is 4.34 Å². The van der Waals surface area contributed by atoms with Gasteiger partial charge in [0, 0.05) is 9.26 Å². The van der Waals surface area contributed by atoms with E-state index in [0.717, 1.165) is 9.26 Å². The number of anilines is 1. The van der Waals surface area contributed by atoms with E-state index in [-0.39, 0.29) is 5.91 Å². The highest BCUT2D eigenvalue weighted by Gasteiger charge is 2.14. The lowest BCUT2D eigenvalue weighted by atomic mass is 10.3. The number of carbonyl (C=O) groups excluding carboxylic acids is 1. The molecule has 0 spiro atoms. The minimum Gasteiger partial charge on any atom is -0.322 e. The van der Waals surface area contributed by atoms with Crippen LogP contribution in [-0.2, 0) is 0 Å². The Morgan fingerprint density at radius 1 is 1.29 bits per heavy atom. The molecule has 0 aliphatic heterocycles. The zero-order chi connectivity index (χ0) is 12.4. The van der Waals surface area contributed by atoms with Crippen LogP contribution in [0.3, 0.4) is 0 Å². The molecule has 88 valence electrons. The van der Waals surface area contributed by atoms with E-state index >= 15 is 0 Å². The topological polar surface area (TPSA) is 29.1 Å². The summed E-state index contributed by atoms with van der Waals surface area (Å²) in [5, 5.41) is 2.77. The van der Waals surface area contributed by atoms with Gasteiger partial charge in [0.2, 0.25) is 0 Å². The lowest BCUT2D eigenvalue weighted by molar-refractivity contribution is 0.102. The maximum atomic E-state index is 11.9. The fourth-order valence-corrected chi connectivity index (χ4v) is 3.26. The first kappa shape index (κ1) is 13.1. The van der Waals surface area contributed by atoms with Crippen LogP contribution in [0.15, 0.2) is 30.3 Å². The molecule has 2 rings (SSSR count). The number of thiophene rings is 1. The molecule has 1 heterocycles. The van der Waals surface area contributed by atoms with Crippen LogP contribution in [0.25, 0.3) is 0 Å². The first-order valence-corrected chi connectivity index (χ1v) is 7.23. The average Bonchev–Trinajstić information content (AvgIpc) is 2.58. The predicted octanol–water partition coefficient (Wildman–Crippen LogP) is 4.91. The van der Waals surface area contributed by atoms with Crippen LogP contribution in [0.4, 0.5) is 5.69 Å². The van der Waals surface area contributed by atoms with Crippen molar-refractivity contribution in [3.05, 3.63) is 48.1 Å². The number of nitrogens with one attached hydrogen (secondary N) is 1. The lowest BCUT2D eigenvalue weighted by Gasteiger charge is -2.04. The van der Waals surface area contributed by atoms with Crippen molar-refractivity contribution >= 4 is 68.7 Å². The van der Waals surface area contributed by atoms with Crippen LogP contribution in [0.1, 0.15) is 10.4 Å². The second kappa shape index (κ2) is 5.56. The standard InChI is InChI=1S/C11H6Cl2INOS/c12-9-5-8(10(13)17-9)11(16)15-7-3-1-2-6(14)4-7/h1-5H,(H,15,16). The Hall–Kier alpha value is -0.300. The molecule has 0 aliphatic carbocycles. The van der Waals surface area contributed by atoms with Gasteiger partial charge in [-0.25, -0.2) is 0 Å². The molecular weight excluding hydrogens is 392 g/mol. The second-order valence-corrected chi connectivity index (χ2v) is 6.73. The Morgan fingerprint density at radius 2 is 2.06 bits per heavy atom. The molecule has 6 heteroatoms. The van der Waals surface area contributed by atoms with Gasteiger partial charge in [0.15, 0.2) is 0 Å². The SMILES string of the molecule is O=C(Nc1cccc(I)c1)c1cc(Cl)sc1Cl. The molecule has 0 radical (unpaired) electrons. The Bertz CT molecular complexity index is 570. The third-order valence-corrected chi connectivity index (χ3v) is 4.14. The largest absolute Gasteiger partial charge is 0.322 e.